The Bertz CT molecular complexity index is 651. The molecule has 0 aromatic carbocycles. The Morgan fingerprint density at radius 1 is 1.23 bits per heavy atom. The lowest BCUT2D eigenvalue weighted by molar-refractivity contribution is -0.139. The van der Waals surface area contributed by atoms with Gasteiger partial charge in [-0.15, -0.1) is 0 Å². The Kier molecular flexibility index (Phi) is 5.55. The number of methoxy groups -OCH3 is 2. The molecule has 0 bridgehead atoms. The fourth-order valence-corrected chi connectivity index (χ4v) is 3.27. The summed E-state index contributed by atoms with van der Waals surface area (Å²) in [6.45, 7) is 0.877. The van der Waals surface area contributed by atoms with Gasteiger partial charge >= 0.3 is 5.97 Å². The monoisotopic (exact) mass is 364 g/mol. The van der Waals surface area contributed by atoms with Crippen molar-refractivity contribution in [2.45, 2.75) is 37.8 Å². The number of hydrogen-bond donors (Lipinski definition) is 2. The van der Waals surface area contributed by atoms with E-state index < -0.39 is 5.97 Å². The van der Waals surface area contributed by atoms with E-state index in [0.717, 1.165) is 19.4 Å². The summed E-state index contributed by atoms with van der Waals surface area (Å²) in [7, 11) is 2.86. The number of nitrogens with one attached hydrogen (secondary N) is 1. The molecule has 2 N–H and O–H groups in total. The normalized spacial score (nSPS) is 21.8. The van der Waals surface area contributed by atoms with Crippen LogP contribution in [0.2, 0.25) is 0 Å². The Balaban J connectivity index is 1.58. The molecule has 0 radical (unpaired) electrons. The van der Waals surface area contributed by atoms with Crippen LogP contribution in [-0.2, 0) is 4.79 Å². The Hall–Kier alpha value is -2.42. The van der Waals surface area contributed by atoms with Gasteiger partial charge in [0, 0.05) is 18.6 Å². The number of rotatable bonds is 9. The van der Waals surface area contributed by atoms with Crippen LogP contribution in [0.25, 0.3) is 0 Å². The molecule has 1 aromatic heterocycles. The smallest absolute Gasteiger partial charge is 0.317 e. The Labute approximate surface area is 151 Å². The van der Waals surface area contributed by atoms with Crippen LogP contribution in [0.15, 0.2) is 6.33 Å². The number of carboxylic acid groups (broad SMARTS) is 1. The second-order valence-corrected chi connectivity index (χ2v) is 6.83. The zero-order valence-corrected chi connectivity index (χ0v) is 15.0. The molecule has 1 aromatic rings. The van der Waals surface area contributed by atoms with E-state index in [1.165, 1.54) is 33.4 Å². The molecule has 1 heterocycles. The van der Waals surface area contributed by atoms with E-state index >= 15 is 0 Å². The molecule has 0 spiro atoms. The van der Waals surface area contributed by atoms with Crippen molar-refractivity contribution in [1.82, 2.24) is 20.2 Å². The molecular weight excluding hydrogens is 340 g/mol. The first-order valence-corrected chi connectivity index (χ1v) is 8.71. The van der Waals surface area contributed by atoms with E-state index in [0.29, 0.717) is 5.92 Å². The minimum Gasteiger partial charge on any atom is -0.480 e. The average molecular weight is 364 g/mol. The summed E-state index contributed by atoms with van der Waals surface area (Å²) >= 11 is 0. The van der Waals surface area contributed by atoms with Crippen molar-refractivity contribution in [2.24, 2.45) is 5.92 Å². The molecule has 0 aliphatic heterocycles. The topological polar surface area (TPSA) is 114 Å². The van der Waals surface area contributed by atoms with Gasteiger partial charge in [0.15, 0.2) is 5.56 Å². The van der Waals surface area contributed by atoms with Crippen LogP contribution in [0.3, 0.4) is 0 Å². The highest BCUT2D eigenvalue weighted by molar-refractivity contribution is 5.98. The standard InChI is InChI=1S/C17H24N4O5/c1-25-16-14(17(26-2)19-9-18-16)15(24)20-11-5-12(6-11)21(8-13(22)23)7-10-3-4-10/h9-12H,3-8H2,1-2H3,(H,20,24)(H,22,23). The van der Waals surface area contributed by atoms with E-state index in [9.17, 15) is 9.59 Å². The number of aliphatic carboxylic acids is 1. The number of amides is 1. The van der Waals surface area contributed by atoms with Crippen LogP contribution in [0, 0.1) is 5.92 Å². The molecule has 1 amide bonds. The molecule has 0 unspecified atom stereocenters. The van der Waals surface area contributed by atoms with Gasteiger partial charge in [0.2, 0.25) is 11.8 Å². The molecule has 26 heavy (non-hydrogen) atoms. The maximum atomic E-state index is 12.6. The van der Waals surface area contributed by atoms with Gasteiger partial charge in [-0.05, 0) is 31.6 Å². The molecule has 9 nitrogen and oxygen atoms in total. The van der Waals surface area contributed by atoms with Crippen LogP contribution in [0.1, 0.15) is 36.0 Å². The highest BCUT2D eigenvalue weighted by Crippen LogP contribution is 2.34. The van der Waals surface area contributed by atoms with Crippen molar-refractivity contribution in [2.75, 3.05) is 27.3 Å². The number of nitrogens with zero attached hydrogens (tertiary/aromatic N) is 3. The minimum absolute atomic E-state index is 0.0161. The zero-order valence-electron chi connectivity index (χ0n) is 15.0. The van der Waals surface area contributed by atoms with Gasteiger partial charge in [-0.25, -0.2) is 9.97 Å². The number of carboxylic acids is 1. The quantitative estimate of drug-likeness (QED) is 0.653. The highest BCUT2D eigenvalue weighted by Gasteiger charge is 2.38. The van der Waals surface area contributed by atoms with E-state index in [-0.39, 0.29) is 41.9 Å². The fourth-order valence-electron chi connectivity index (χ4n) is 3.27. The maximum absolute atomic E-state index is 12.6. The molecule has 2 aliphatic carbocycles. The predicted molar refractivity (Wildman–Crippen MR) is 91.3 cm³/mol. The number of carbonyl (C=O) groups is 2. The molecule has 0 atom stereocenters. The van der Waals surface area contributed by atoms with Crippen LogP contribution < -0.4 is 14.8 Å². The zero-order chi connectivity index (χ0) is 18.7. The summed E-state index contributed by atoms with van der Waals surface area (Å²) in [6.07, 6.45) is 5.08. The molecule has 0 saturated heterocycles. The fraction of sp³-hybridized carbons (Fsp3) is 0.647. The number of hydrogen-bond acceptors (Lipinski definition) is 7. The first-order valence-electron chi connectivity index (χ1n) is 8.71. The molecule has 2 fully saturated rings. The van der Waals surface area contributed by atoms with Crippen molar-refractivity contribution < 1.29 is 24.2 Å². The number of aromatic nitrogens is 2. The van der Waals surface area contributed by atoms with E-state index in [4.69, 9.17) is 14.6 Å². The summed E-state index contributed by atoms with van der Waals surface area (Å²) < 4.78 is 10.3. The number of ether oxygens (including phenoxy) is 2. The van der Waals surface area contributed by atoms with Crippen LogP contribution in [-0.4, -0.2) is 71.2 Å². The van der Waals surface area contributed by atoms with Crippen molar-refractivity contribution in [1.29, 1.82) is 0 Å². The first-order chi connectivity index (χ1) is 12.5. The third-order valence-electron chi connectivity index (χ3n) is 4.88. The van der Waals surface area contributed by atoms with Crippen LogP contribution in [0.5, 0.6) is 11.8 Å². The summed E-state index contributed by atoms with van der Waals surface area (Å²) in [6, 6.07) is 0.172. The van der Waals surface area contributed by atoms with Crippen molar-refractivity contribution in [3.05, 3.63) is 11.9 Å². The summed E-state index contributed by atoms with van der Waals surface area (Å²) in [5, 5.41) is 12.0. The van der Waals surface area contributed by atoms with Gasteiger partial charge in [0.25, 0.3) is 5.91 Å². The SMILES string of the molecule is COc1ncnc(OC)c1C(=O)NC1CC(N(CC(=O)O)CC2CC2)C1. The molecule has 2 aliphatic rings. The van der Waals surface area contributed by atoms with Gasteiger partial charge in [-0.1, -0.05) is 0 Å². The summed E-state index contributed by atoms with van der Waals surface area (Å²) in [4.78, 5) is 33.6. The third-order valence-corrected chi connectivity index (χ3v) is 4.88. The second-order valence-electron chi connectivity index (χ2n) is 6.83. The van der Waals surface area contributed by atoms with E-state index in [1.54, 1.807) is 0 Å². The van der Waals surface area contributed by atoms with Gasteiger partial charge in [-0.3, -0.25) is 14.5 Å². The lowest BCUT2D eigenvalue weighted by Gasteiger charge is -2.42. The molecule has 3 rings (SSSR count). The summed E-state index contributed by atoms with van der Waals surface area (Å²) in [5.41, 5.74) is 0.168. The van der Waals surface area contributed by atoms with Gasteiger partial charge in [0.1, 0.15) is 6.33 Å². The predicted octanol–water partition coefficient (Wildman–Crippen LogP) is 0.551. The van der Waals surface area contributed by atoms with Crippen molar-refractivity contribution >= 4 is 11.9 Å². The van der Waals surface area contributed by atoms with Gasteiger partial charge < -0.3 is 19.9 Å². The van der Waals surface area contributed by atoms with Gasteiger partial charge in [0.05, 0.1) is 20.8 Å². The van der Waals surface area contributed by atoms with Crippen molar-refractivity contribution in [3.63, 3.8) is 0 Å². The lowest BCUT2D eigenvalue weighted by atomic mass is 9.85. The maximum Gasteiger partial charge on any atom is 0.317 e. The molecular formula is C17H24N4O5. The number of carbonyl (C=O) groups excluding carboxylic acids is 1. The molecule has 9 heteroatoms. The first kappa shape index (κ1) is 18.4. The Morgan fingerprint density at radius 2 is 1.85 bits per heavy atom. The molecule has 2 saturated carbocycles. The summed E-state index contributed by atoms with van der Waals surface area (Å²) in [5.74, 6) is -0.223. The average Bonchev–Trinajstić information content (AvgIpc) is 3.39. The third kappa shape index (κ3) is 4.21. The molecule has 142 valence electrons. The van der Waals surface area contributed by atoms with Crippen LogP contribution >= 0.6 is 0 Å². The highest BCUT2D eigenvalue weighted by atomic mass is 16.5. The second kappa shape index (κ2) is 7.86. The largest absolute Gasteiger partial charge is 0.480 e. The minimum atomic E-state index is -0.811. The lowest BCUT2D eigenvalue weighted by Crippen LogP contribution is -2.55. The van der Waals surface area contributed by atoms with E-state index in [2.05, 4.69) is 15.3 Å². The van der Waals surface area contributed by atoms with Gasteiger partial charge in [-0.2, -0.15) is 0 Å². The Morgan fingerprint density at radius 3 is 2.35 bits per heavy atom. The van der Waals surface area contributed by atoms with E-state index in [1.807, 2.05) is 4.90 Å². The van der Waals surface area contributed by atoms with Crippen molar-refractivity contribution in [3.8, 4) is 11.8 Å². The van der Waals surface area contributed by atoms with Crippen LogP contribution in [0.4, 0.5) is 0 Å².